The van der Waals surface area contributed by atoms with Crippen LogP contribution in [0.4, 0.5) is 13.2 Å². The van der Waals surface area contributed by atoms with Gasteiger partial charge in [0.15, 0.2) is 0 Å². The Kier molecular flexibility index (Phi) is 8.54. The number of aromatic nitrogens is 2. The number of halogens is 4. The average molecular weight is 646 g/mol. The van der Waals surface area contributed by atoms with Gasteiger partial charge in [-0.25, -0.2) is 9.97 Å². The lowest BCUT2D eigenvalue weighted by atomic mass is 9.83. The molecule has 2 aromatic heterocycles. The Morgan fingerprint density at radius 3 is 2.48 bits per heavy atom. The van der Waals surface area contributed by atoms with Crippen molar-refractivity contribution in [2.45, 2.75) is 70.1 Å². The number of fused-ring (bicyclic) bond motifs is 1. The molecule has 1 aliphatic heterocycles. The summed E-state index contributed by atoms with van der Waals surface area (Å²) in [7, 11) is 0. The van der Waals surface area contributed by atoms with E-state index in [9.17, 15) is 18.0 Å². The predicted octanol–water partition coefficient (Wildman–Crippen LogP) is 8.01. The summed E-state index contributed by atoms with van der Waals surface area (Å²) < 4.78 is 56.6. The largest absolute Gasteiger partial charge is 0.480 e. The lowest BCUT2D eigenvalue weighted by Gasteiger charge is -2.40. The second kappa shape index (κ2) is 11.8. The monoisotopic (exact) mass is 645 g/mol. The van der Waals surface area contributed by atoms with Gasteiger partial charge >= 0.3 is 12.1 Å². The van der Waals surface area contributed by atoms with Gasteiger partial charge in [0.25, 0.3) is 0 Å². The average Bonchev–Trinajstić information content (AvgIpc) is 3.35. The Bertz CT molecular complexity index is 1740. The number of hydrogen-bond donors (Lipinski definition) is 2. The van der Waals surface area contributed by atoms with Crippen LogP contribution < -0.4 is 10.5 Å². The maximum Gasteiger partial charge on any atom is 0.429 e. The van der Waals surface area contributed by atoms with E-state index < -0.39 is 35.5 Å². The molecular formula is C32H31ClF3N3O4S. The van der Waals surface area contributed by atoms with Gasteiger partial charge in [0.05, 0.1) is 16.7 Å². The van der Waals surface area contributed by atoms with Gasteiger partial charge in [0.2, 0.25) is 12.0 Å². The molecule has 3 N–H and O–H groups in total. The zero-order valence-electron chi connectivity index (χ0n) is 24.4. The predicted molar refractivity (Wildman–Crippen MR) is 165 cm³/mol. The molecule has 0 fully saturated rings. The molecule has 44 heavy (non-hydrogen) atoms. The molecule has 7 nitrogen and oxygen atoms in total. The van der Waals surface area contributed by atoms with Gasteiger partial charge in [-0.1, -0.05) is 41.9 Å². The van der Waals surface area contributed by atoms with Crippen LogP contribution in [0.15, 0.2) is 60.2 Å². The smallest absolute Gasteiger partial charge is 0.429 e. The van der Waals surface area contributed by atoms with Crippen molar-refractivity contribution in [2.24, 2.45) is 5.73 Å². The SMILES string of the molecule is CC1(C)C=C(c2cc(Cl)ccc2[C@@H](Oc2ncnc3c(-c4ccc(C[C@H](N)C(=O)O)cc4)csc23)C(F)(F)F)CC(C)(C)O1. The third-order valence-electron chi connectivity index (χ3n) is 7.21. The van der Waals surface area contributed by atoms with E-state index in [1.807, 2.05) is 33.8 Å². The number of rotatable bonds is 8. The molecule has 4 aromatic rings. The normalized spacial score (nSPS) is 17.6. The molecule has 2 aromatic carbocycles. The van der Waals surface area contributed by atoms with Crippen molar-refractivity contribution >= 4 is 44.7 Å². The van der Waals surface area contributed by atoms with E-state index in [4.69, 9.17) is 31.9 Å². The van der Waals surface area contributed by atoms with Crippen molar-refractivity contribution < 1.29 is 32.5 Å². The highest BCUT2D eigenvalue weighted by Crippen LogP contribution is 2.46. The summed E-state index contributed by atoms with van der Waals surface area (Å²) in [4.78, 5) is 19.6. The van der Waals surface area contributed by atoms with Crippen molar-refractivity contribution in [1.29, 1.82) is 0 Å². The van der Waals surface area contributed by atoms with Crippen LogP contribution in [0.2, 0.25) is 5.02 Å². The Labute approximate surface area is 261 Å². The number of alkyl halides is 3. The highest BCUT2D eigenvalue weighted by atomic mass is 35.5. The van der Waals surface area contributed by atoms with Gasteiger partial charge in [-0.2, -0.15) is 13.2 Å². The zero-order chi connectivity index (χ0) is 32.0. The van der Waals surface area contributed by atoms with Crippen LogP contribution in [0.5, 0.6) is 5.88 Å². The Morgan fingerprint density at radius 1 is 1.14 bits per heavy atom. The van der Waals surface area contributed by atoms with Gasteiger partial charge in [0, 0.05) is 28.0 Å². The number of nitrogens with two attached hydrogens (primary N) is 1. The standard InChI is InChI=1S/C32H31ClF3N3O4S/c1-30(2)13-19(14-31(3,4)43-30)22-12-20(33)9-10-21(22)27(32(34,35)36)42-28-26-25(38-16-39-28)23(15-44-26)18-7-5-17(6-8-18)11-24(37)29(40)41/h5-10,12-13,15-16,24,27H,11,14,37H2,1-4H3,(H,40,41)/t24-,27+/m0/s1. The minimum atomic E-state index is -4.79. The number of carboxylic acid groups (broad SMARTS) is 1. The van der Waals surface area contributed by atoms with E-state index in [2.05, 4.69) is 9.97 Å². The van der Waals surface area contributed by atoms with Crippen molar-refractivity contribution in [2.75, 3.05) is 0 Å². The highest BCUT2D eigenvalue weighted by molar-refractivity contribution is 7.18. The third kappa shape index (κ3) is 6.91. The number of aliphatic carboxylic acids is 1. The van der Waals surface area contributed by atoms with Crippen LogP contribution in [0.25, 0.3) is 26.9 Å². The number of carbonyl (C=O) groups is 1. The lowest BCUT2D eigenvalue weighted by molar-refractivity contribution is -0.198. The van der Waals surface area contributed by atoms with Crippen LogP contribution in [-0.4, -0.2) is 44.5 Å². The summed E-state index contributed by atoms with van der Waals surface area (Å²) in [6, 6.07) is 10.4. The van der Waals surface area contributed by atoms with Gasteiger partial charge in [-0.15, -0.1) is 11.3 Å². The van der Waals surface area contributed by atoms with Gasteiger partial charge in [0.1, 0.15) is 17.1 Å². The van der Waals surface area contributed by atoms with Crippen LogP contribution in [-0.2, 0) is 16.0 Å². The van der Waals surface area contributed by atoms with Gasteiger partial charge < -0.3 is 20.3 Å². The maximum absolute atomic E-state index is 14.8. The summed E-state index contributed by atoms with van der Waals surface area (Å²) in [6.45, 7) is 7.52. The molecule has 0 amide bonds. The molecule has 0 saturated heterocycles. The molecule has 0 radical (unpaired) electrons. The first-order valence-corrected chi connectivity index (χ1v) is 15.0. The molecule has 0 saturated carbocycles. The molecule has 0 aliphatic carbocycles. The fourth-order valence-corrected chi connectivity index (χ4v) is 6.74. The van der Waals surface area contributed by atoms with E-state index >= 15 is 0 Å². The molecule has 12 heteroatoms. The summed E-state index contributed by atoms with van der Waals surface area (Å²) in [6.07, 6.45) is -3.59. The maximum atomic E-state index is 14.8. The molecule has 0 bridgehead atoms. The number of hydrogen-bond acceptors (Lipinski definition) is 7. The number of nitrogens with zero attached hydrogens (tertiary/aromatic N) is 2. The van der Waals surface area contributed by atoms with Crippen molar-refractivity contribution in [1.82, 2.24) is 9.97 Å². The molecule has 2 atom stereocenters. The minimum Gasteiger partial charge on any atom is -0.480 e. The molecule has 3 heterocycles. The van der Waals surface area contributed by atoms with Crippen molar-refractivity contribution in [3.63, 3.8) is 0 Å². The van der Waals surface area contributed by atoms with Crippen LogP contribution in [0.1, 0.15) is 56.9 Å². The van der Waals surface area contributed by atoms with E-state index in [1.54, 1.807) is 29.6 Å². The number of carboxylic acids is 1. The molecule has 5 rings (SSSR count). The first-order valence-electron chi connectivity index (χ1n) is 13.8. The van der Waals surface area contributed by atoms with Crippen molar-refractivity contribution in [3.05, 3.63) is 82.0 Å². The molecule has 1 aliphatic rings. The molecule has 0 unspecified atom stereocenters. The van der Waals surface area contributed by atoms with Crippen molar-refractivity contribution in [3.8, 4) is 17.0 Å². The molecule has 0 spiro atoms. The summed E-state index contributed by atoms with van der Waals surface area (Å²) in [5.41, 5.74) is 7.85. The first kappa shape index (κ1) is 31.9. The minimum absolute atomic E-state index is 0.0830. The van der Waals surface area contributed by atoms with E-state index in [1.165, 1.54) is 35.9 Å². The summed E-state index contributed by atoms with van der Waals surface area (Å²) in [5, 5.41) is 11.2. The van der Waals surface area contributed by atoms with Gasteiger partial charge in [-0.05, 0) is 74.6 Å². The quantitative estimate of drug-likeness (QED) is 0.200. The first-order chi connectivity index (χ1) is 20.5. The fourth-order valence-electron chi connectivity index (χ4n) is 5.61. The lowest BCUT2D eigenvalue weighted by Crippen LogP contribution is -2.40. The van der Waals surface area contributed by atoms with E-state index in [0.29, 0.717) is 38.4 Å². The Hall–Kier alpha value is -3.51. The van der Waals surface area contributed by atoms with E-state index in [0.717, 1.165) is 11.1 Å². The number of ether oxygens (including phenoxy) is 2. The second-order valence-electron chi connectivity index (χ2n) is 11.9. The summed E-state index contributed by atoms with van der Waals surface area (Å²) in [5.74, 6) is -1.29. The number of thiophene rings is 1. The van der Waals surface area contributed by atoms with Crippen LogP contribution in [0, 0.1) is 0 Å². The van der Waals surface area contributed by atoms with Gasteiger partial charge in [-0.3, -0.25) is 4.79 Å². The molecule has 232 valence electrons. The highest BCUT2D eigenvalue weighted by Gasteiger charge is 2.46. The topological polar surface area (TPSA) is 108 Å². The van der Waals surface area contributed by atoms with Crippen LogP contribution >= 0.6 is 22.9 Å². The second-order valence-corrected chi connectivity index (χ2v) is 13.3. The summed E-state index contributed by atoms with van der Waals surface area (Å²) >= 11 is 7.48. The number of benzene rings is 2. The third-order valence-corrected chi connectivity index (χ3v) is 8.40. The molecular weight excluding hydrogens is 615 g/mol. The van der Waals surface area contributed by atoms with Crippen LogP contribution in [0.3, 0.4) is 0 Å². The Balaban J connectivity index is 1.53. The van der Waals surface area contributed by atoms with E-state index in [-0.39, 0.29) is 17.9 Å². The zero-order valence-corrected chi connectivity index (χ0v) is 26.0. The fraction of sp³-hybridized carbons (Fsp3) is 0.344. The Morgan fingerprint density at radius 2 is 1.84 bits per heavy atom.